The molecule has 2 aliphatic rings. The maximum atomic E-state index is 9.32. The lowest BCUT2D eigenvalue weighted by molar-refractivity contribution is 0.528. The molecule has 2 aromatic rings. The lowest BCUT2D eigenvalue weighted by atomic mass is 10.2. The summed E-state index contributed by atoms with van der Waals surface area (Å²) >= 11 is 3.51. The number of aliphatic imine (C=N–C) groups is 1. The maximum absolute atomic E-state index is 9.32. The normalized spacial score (nSPS) is 19.2. The molecule has 0 saturated carbocycles. The Hall–Kier alpha value is -2.82. The molecular weight excluding hydrogens is 410 g/mol. The number of rotatable bonds is 5. The van der Waals surface area contributed by atoms with Gasteiger partial charge in [-0.05, 0) is 37.3 Å². The lowest BCUT2D eigenvalue weighted by Gasteiger charge is -2.16. The molecule has 1 N–H and O–H groups in total. The first kappa shape index (κ1) is 20.5. The summed E-state index contributed by atoms with van der Waals surface area (Å²) in [6.45, 7) is 8.28. The van der Waals surface area contributed by atoms with Crippen molar-refractivity contribution in [3.63, 3.8) is 0 Å². The first-order chi connectivity index (χ1) is 14.6. The van der Waals surface area contributed by atoms with Crippen molar-refractivity contribution in [2.24, 2.45) is 4.99 Å². The van der Waals surface area contributed by atoms with Gasteiger partial charge in [0.05, 0.1) is 40.3 Å². The molecule has 5 nitrogen and oxygen atoms in total. The van der Waals surface area contributed by atoms with Gasteiger partial charge >= 0.3 is 0 Å². The number of nitriles is 1. The van der Waals surface area contributed by atoms with Gasteiger partial charge in [0.15, 0.2) is 5.17 Å². The smallest absolute Gasteiger partial charge is 0.169 e. The summed E-state index contributed by atoms with van der Waals surface area (Å²) in [5, 5.41) is 14.8. The molecule has 0 bridgehead atoms. The Morgan fingerprint density at radius 1 is 1.27 bits per heavy atom. The van der Waals surface area contributed by atoms with Crippen LogP contribution >= 0.6 is 23.5 Å². The molecule has 7 heteroatoms. The summed E-state index contributed by atoms with van der Waals surface area (Å²) in [4.78, 5) is 12.0. The van der Waals surface area contributed by atoms with Crippen molar-refractivity contribution in [1.82, 2.24) is 4.90 Å². The van der Waals surface area contributed by atoms with E-state index in [1.807, 2.05) is 36.0 Å². The largest absolute Gasteiger partial charge is 0.384 e. The van der Waals surface area contributed by atoms with Crippen molar-refractivity contribution in [3.05, 3.63) is 70.6 Å². The summed E-state index contributed by atoms with van der Waals surface area (Å²) in [5.41, 5.74) is 3.57. The van der Waals surface area contributed by atoms with Gasteiger partial charge in [-0.3, -0.25) is 0 Å². The van der Waals surface area contributed by atoms with Crippen LogP contribution in [0.25, 0.3) is 0 Å². The molecule has 4 rings (SSSR count). The third-order valence-electron chi connectivity index (χ3n) is 4.86. The minimum atomic E-state index is 0.606. The number of amidine groups is 1. The van der Waals surface area contributed by atoms with Crippen LogP contribution in [0.3, 0.4) is 0 Å². The standard InChI is InChI=1S/C23H23N5S2/c1-4-12-28-15-21(22-27(3)19-8-6-7-9-20(19)29-22)30-23(28)26-18-13-16(14-24)10-11-17(18)25-5-2/h4,6-11,13,25H,1,5,12,15H2,2-3H3/b22-21-,26-23?. The van der Waals surface area contributed by atoms with Gasteiger partial charge in [-0.15, -0.1) is 6.58 Å². The van der Waals surface area contributed by atoms with Crippen molar-refractivity contribution >= 4 is 45.8 Å². The van der Waals surface area contributed by atoms with Crippen LogP contribution in [-0.4, -0.2) is 36.7 Å². The fourth-order valence-electron chi connectivity index (χ4n) is 3.43. The quantitative estimate of drug-likeness (QED) is 0.617. The van der Waals surface area contributed by atoms with Crippen LogP contribution in [0.15, 0.2) is 74.9 Å². The average molecular weight is 434 g/mol. The van der Waals surface area contributed by atoms with Crippen LogP contribution in [0.5, 0.6) is 0 Å². The lowest BCUT2D eigenvalue weighted by Crippen LogP contribution is -2.24. The second kappa shape index (κ2) is 8.90. The number of benzene rings is 2. The number of fused-ring (bicyclic) bond motifs is 1. The number of hydrogen-bond donors (Lipinski definition) is 1. The van der Waals surface area contributed by atoms with E-state index in [4.69, 9.17) is 4.99 Å². The van der Waals surface area contributed by atoms with E-state index >= 15 is 0 Å². The first-order valence-electron chi connectivity index (χ1n) is 9.78. The van der Waals surface area contributed by atoms with E-state index < -0.39 is 0 Å². The Labute approximate surface area is 186 Å². The predicted octanol–water partition coefficient (Wildman–Crippen LogP) is 5.62. The summed E-state index contributed by atoms with van der Waals surface area (Å²) in [5.74, 6) is 0. The number of hydrogen-bond acceptors (Lipinski definition) is 6. The fourth-order valence-corrected chi connectivity index (χ4v) is 5.84. The third kappa shape index (κ3) is 3.93. The molecule has 0 aliphatic carbocycles. The summed E-state index contributed by atoms with van der Waals surface area (Å²) in [6.07, 6.45) is 1.90. The number of anilines is 2. The van der Waals surface area contributed by atoms with Gasteiger partial charge in [0.2, 0.25) is 0 Å². The Balaban J connectivity index is 1.71. The van der Waals surface area contributed by atoms with Crippen LogP contribution in [0.1, 0.15) is 12.5 Å². The van der Waals surface area contributed by atoms with Gasteiger partial charge in [0.25, 0.3) is 0 Å². The summed E-state index contributed by atoms with van der Waals surface area (Å²) in [6, 6.07) is 16.3. The highest BCUT2D eigenvalue weighted by molar-refractivity contribution is 8.18. The number of nitrogens with one attached hydrogen (secondary N) is 1. The topological polar surface area (TPSA) is 54.7 Å². The second-order valence-electron chi connectivity index (χ2n) is 6.90. The molecule has 30 heavy (non-hydrogen) atoms. The molecule has 0 atom stereocenters. The number of thioether (sulfide) groups is 2. The van der Waals surface area contributed by atoms with E-state index in [0.717, 1.165) is 36.2 Å². The van der Waals surface area contributed by atoms with Gasteiger partial charge in [0.1, 0.15) is 0 Å². The van der Waals surface area contributed by atoms with E-state index in [1.54, 1.807) is 11.8 Å². The van der Waals surface area contributed by atoms with Crippen molar-refractivity contribution in [2.45, 2.75) is 11.8 Å². The molecule has 1 saturated heterocycles. The Bertz CT molecular complexity index is 1080. The summed E-state index contributed by atoms with van der Waals surface area (Å²) in [7, 11) is 2.12. The molecule has 0 spiro atoms. The first-order valence-corrected chi connectivity index (χ1v) is 11.4. The molecule has 0 amide bonds. The Morgan fingerprint density at radius 2 is 2.10 bits per heavy atom. The minimum Gasteiger partial charge on any atom is -0.384 e. The molecule has 2 aliphatic heterocycles. The zero-order chi connectivity index (χ0) is 21.1. The molecule has 0 unspecified atom stereocenters. The van der Waals surface area contributed by atoms with E-state index in [0.29, 0.717) is 5.56 Å². The molecule has 1 fully saturated rings. The minimum absolute atomic E-state index is 0.606. The fraction of sp³-hybridized carbons (Fsp3) is 0.217. The monoisotopic (exact) mass is 433 g/mol. The molecule has 0 radical (unpaired) electrons. The van der Waals surface area contributed by atoms with E-state index in [1.165, 1.54) is 20.5 Å². The van der Waals surface area contributed by atoms with Gasteiger partial charge in [0, 0.05) is 29.9 Å². The van der Waals surface area contributed by atoms with Gasteiger partial charge in [-0.1, -0.05) is 41.7 Å². The molecule has 2 heterocycles. The van der Waals surface area contributed by atoms with Crippen molar-refractivity contribution in [1.29, 1.82) is 5.26 Å². The highest BCUT2D eigenvalue weighted by atomic mass is 32.2. The van der Waals surface area contributed by atoms with Crippen molar-refractivity contribution < 1.29 is 0 Å². The van der Waals surface area contributed by atoms with Crippen LogP contribution in [-0.2, 0) is 0 Å². The zero-order valence-corrected chi connectivity index (χ0v) is 18.7. The van der Waals surface area contributed by atoms with Crippen LogP contribution < -0.4 is 10.2 Å². The zero-order valence-electron chi connectivity index (χ0n) is 17.1. The van der Waals surface area contributed by atoms with E-state index in [-0.39, 0.29) is 0 Å². The van der Waals surface area contributed by atoms with Crippen LogP contribution in [0.2, 0.25) is 0 Å². The highest BCUT2D eigenvalue weighted by Gasteiger charge is 2.31. The Kier molecular flexibility index (Phi) is 6.07. The Morgan fingerprint density at radius 3 is 2.83 bits per heavy atom. The van der Waals surface area contributed by atoms with Crippen LogP contribution in [0, 0.1) is 11.3 Å². The highest BCUT2D eigenvalue weighted by Crippen LogP contribution is 2.49. The third-order valence-corrected chi connectivity index (χ3v) is 7.36. The molecular formula is C23H23N5S2. The average Bonchev–Trinajstić information content (AvgIpc) is 3.31. The van der Waals surface area contributed by atoms with Gasteiger partial charge < -0.3 is 15.1 Å². The van der Waals surface area contributed by atoms with Crippen molar-refractivity contribution in [3.8, 4) is 6.07 Å². The van der Waals surface area contributed by atoms with Crippen molar-refractivity contribution in [2.75, 3.05) is 36.9 Å². The number of nitrogens with zero attached hydrogens (tertiary/aromatic N) is 4. The molecule has 2 aromatic carbocycles. The van der Waals surface area contributed by atoms with Gasteiger partial charge in [-0.2, -0.15) is 5.26 Å². The predicted molar refractivity (Wildman–Crippen MR) is 130 cm³/mol. The van der Waals surface area contributed by atoms with E-state index in [9.17, 15) is 5.26 Å². The molecule has 0 aromatic heterocycles. The molecule has 152 valence electrons. The number of para-hydroxylation sites is 1. The SMILES string of the molecule is C=CCN1C/C(=C2/Sc3ccccc3N2C)SC1=Nc1cc(C#N)ccc1NCC. The maximum Gasteiger partial charge on any atom is 0.169 e. The van der Waals surface area contributed by atoms with Crippen LogP contribution in [0.4, 0.5) is 17.1 Å². The summed E-state index contributed by atoms with van der Waals surface area (Å²) < 4.78 is 0. The second-order valence-corrected chi connectivity index (χ2v) is 8.99. The van der Waals surface area contributed by atoms with Gasteiger partial charge in [-0.25, -0.2) is 4.99 Å². The van der Waals surface area contributed by atoms with E-state index in [2.05, 4.69) is 66.0 Å².